The fraction of sp³-hybridized carbons (Fsp3) is 0.462. The van der Waals surface area contributed by atoms with Crippen molar-refractivity contribution in [3.63, 3.8) is 0 Å². The summed E-state index contributed by atoms with van der Waals surface area (Å²) in [4.78, 5) is 11.8. The van der Waals surface area contributed by atoms with Gasteiger partial charge >= 0.3 is 6.18 Å². The quantitative estimate of drug-likeness (QED) is 0.883. The van der Waals surface area contributed by atoms with Crippen LogP contribution in [0.1, 0.15) is 13.3 Å². The summed E-state index contributed by atoms with van der Waals surface area (Å²) in [6.45, 7) is 0.845. The summed E-state index contributed by atoms with van der Waals surface area (Å²) in [5.41, 5.74) is 0.664. The first-order valence-electron chi connectivity index (χ1n) is 6.07. The van der Waals surface area contributed by atoms with Gasteiger partial charge in [0, 0.05) is 5.92 Å². The van der Waals surface area contributed by atoms with E-state index in [0.29, 0.717) is 11.6 Å². The molecule has 1 saturated carbocycles. The summed E-state index contributed by atoms with van der Waals surface area (Å²) in [6, 6.07) is 6.39. The maximum absolute atomic E-state index is 12.2. The van der Waals surface area contributed by atoms with E-state index in [0.717, 1.165) is 6.42 Å². The Balaban J connectivity index is 2.01. The molecule has 1 aliphatic carbocycles. The lowest BCUT2D eigenvalue weighted by Crippen LogP contribution is -2.22. The van der Waals surface area contributed by atoms with Crippen LogP contribution >= 0.6 is 0 Å². The van der Waals surface area contributed by atoms with E-state index in [1.54, 1.807) is 18.2 Å². The molecular formula is C13H15F3N2O. The monoisotopic (exact) mass is 272 g/mol. The summed E-state index contributed by atoms with van der Waals surface area (Å²) in [5, 5.41) is 4.96. The highest BCUT2D eigenvalue weighted by Crippen LogP contribution is 2.39. The largest absolute Gasteiger partial charge is 0.405 e. The molecule has 3 nitrogen and oxygen atoms in total. The summed E-state index contributed by atoms with van der Waals surface area (Å²) in [5.74, 6) is 0.208. The summed E-state index contributed by atoms with van der Waals surface area (Å²) >= 11 is 0. The number of alkyl halides is 3. The van der Waals surface area contributed by atoms with Gasteiger partial charge in [0.25, 0.3) is 0 Å². The molecule has 6 heteroatoms. The molecule has 0 aromatic heterocycles. The van der Waals surface area contributed by atoms with E-state index in [-0.39, 0.29) is 17.5 Å². The molecule has 2 N–H and O–H groups in total. The number of amides is 1. The molecule has 1 aromatic carbocycles. The smallest absolute Gasteiger partial charge is 0.375 e. The van der Waals surface area contributed by atoms with Crippen LogP contribution in [0.5, 0.6) is 0 Å². The highest BCUT2D eigenvalue weighted by Gasteiger charge is 2.39. The maximum atomic E-state index is 12.2. The van der Waals surface area contributed by atoms with Gasteiger partial charge in [-0.05, 0) is 24.5 Å². The first-order chi connectivity index (χ1) is 8.87. The first-order valence-corrected chi connectivity index (χ1v) is 6.07. The zero-order valence-corrected chi connectivity index (χ0v) is 10.4. The Kier molecular flexibility index (Phi) is 3.68. The van der Waals surface area contributed by atoms with Crippen LogP contribution in [0.2, 0.25) is 0 Å². The molecule has 0 spiro atoms. The van der Waals surface area contributed by atoms with Gasteiger partial charge < -0.3 is 10.6 Å². The minimum Gasteiger partial charge on any atom is -0.375 e. The predicted molar refractivity (Wildman–Crippen MR) is 66.9 cm³/mol. The Morgan fingerprint density at radius 3 is 2.42 bits per heavy atom. The molecule has 2 unspecified atom stereocenters. The van der Waals surface area contributed by atoms with Crippen LogP contribution in [0.25, 0.3) is 0 Å². The molecule has 0 heterocycles. The van der Waals surface area contributed by atoms with Crippen LogP contribution < -0.4 is 10.6 Å². The van der Waals surface area contributed by atoms with Gasteiger partial charge in [-0.1, -0.05) is 19.1 Å². The molecule has 104 valence electrons. The van der Waals surface area contributed by atoms with E-state index >= 15 is 0 Å². The minimum atomic E-state index is -4.29. The average Bonchev–Trinajstić information content (AvgIpc) is 3.04. The van der Waals surface area contributed by atoms with E-state index in [1.165, 1.54) is 6.07 Å². The van der Waals surface area contributed by atoms with Gasteiger partial charge in [-0.3, -0.25) is 4.79 Å². The number of nitrogens with one attached hydrogen (secondary N) is 2. The number of hydrogen-bond donors (Lipinski definition) is 2. The maximum Gasteiger partial charge on any atom is 0.405 e. The van der Waals surface area contributed by atoms with Crippen LogP contribution in [0.4, 0.5) is 24.5 Å². The third-order valence-electron chi connectivity index (χ3n) is 3.11. The van der Waals surface area contributed by atoms with Crippen LogP contribution in [-0.2, 0) is 4.79 Å². The van der Waals surface area contributed by atoms with Crippen LogP contribution in [-0.4, -0.2) is 18.6 Å². The molecule has 2 atom stereocenters. The van der Waals surface area contributed by atoms with Crippen molar-refractivity contribution >= 4 is 17.3 Å². The molecule has 1 fully saturated rings. The van der Waals surface area contributed by atoms with E-state index in [1.807, 2.05) is 6.92 Å². The molecule has 0 saturated heterocycles. The van der Waals surface area contributed by atoms with Gasteiger partial charge in [0.15, 0.2) is 0 Å². The van der Waals surface area contributed by atoms with Crippen LogP contribution in [0.15, 0.2) is 24.3 Å². The van der Waals surface area contributed by atoms with Crippen molar-refractivity contribution in [1.82, 2.24) is 0 Å². The van der Waals surface area contributed by atoms with E-state index in [2.05, 4.69) is 10.6 Å². The second-order valence-electron chi connectivity index (χ2n) is 4.82. The van der Waals surface area contributed by atoms with E-state index in [9.17, 15) is 18.0 Å². The molecule has 0 bridgehead atoms. The Hall–Kier alpha value is -1.72. The zero-order chi connectivity index (χ0) is 14.0. The molecular weight excluding hydrogens is 257 g/mol. The molecule has 1 aliphatic rings. The van der Waals surface area contributed by atoms with E-state index in [4.69, 9.17) is 0 Å². The van der Waals surface area contributed by atoms with Crippen molar-refractivity contribution in [2.45, 2.75) is 19.5 Å². The van der Waals surface area contributed by atoms with Gasteiger partial charge in [0.05, 0.1) is 11.4 Å². The minimum absolute atomic E-state index is 0.0179. The fourth-order valence-corrected chi connectivity index (χ4v) is 1.85. The first kappa shape index (κ1) is 13.7. The summed E-state index contributed by atoms with van der Waals surface area (Å²) in [7, 11) is 0. The Labute approximate surface area is 109 Å². The third kappa shape index (κ3) is 3.87. The lowest BCUT2D eigenvalue weighted by Gasteiger charge is -2.14. The van der Waals surface area contributed by atoms with Gasteiger partial charge in [-0.15, -0.1) is 0 Å². The average molecular weight is 272 g/mol. The normalized spacial score (nSPS) is 21.9. The van der Waals surface area contributed by atoms with Crippen molar-refractivity contribution in [2.24, 2.45) is 11.8 Å². The van der Waals surface area contributed by atoms with Gasteiger partial charge in [0.1, 0.15) is 6.54 Å². The van der Waals surface area contributed by atoms with Crippen molar-refractivity contribution in [1.29, 1.82) is 0 Å². The second kappa shape index (κ2) is 5.11. The number of para-hydroxylation sites is 2. The molecule has 1 aromatic rings. The molecule has 0 radical (unpaired) electrons. The number of hydrogen-bond acceptors (Lipinski definition) is 2. The highest BCUT2D eigenvalue weighted by atomic mass is 19.4. The fourth-order valence-electron chi connectivity index (χ4n) is 1.85. The van der Waals surface area contributed by atoms with Crippen LogP contribution in [0, 0.1) is 11.8 Å². The van der Waals surface area contributed by atoms with Crippen molar-refractivity contribution in [2.75, 3.05) is 17.2 Å². The number of carbonyl (C=O) groups is 1. The molecule has 0 aliphatic heterocycles. The Bertz CT molecular complexity index is 473. The summed E-state index contributed by atoms with van der Waals surface area (Å²) < 4.78 is 36.5. The summed E-state index contributed by atoms with van der Waals surface area (Å²) in [6.07, 6.45) is -3.45. The van der Waals surface area contributed by atoms with Crippen molar-refractivity contribution in [3.8, 4) is 0 Å². The van der Waals surface area contributed by atoms with Gasteiger partial charge in [-0.2, -0.15) is 13.2 Å². The second-order valence-corrected chi connectivity index (χ2v) is 4.82. The van der Waals surface area contributed by atoms with Gasteiger partial charge in [-0.25, -0.2) is 0 Å². The lowest BCUT2D eigenvalue weighted by atomic mass is 10.2. The molecule has 2 rings (SSSR count). The topological polar surface area (TPSA) is 41.1 Å². The van der Waals surface area contributed by atoms with Crippen LogP contribution in [0.3, 0.4) is 0 Å². The molecule has 1 amide bonds. The number of halogens is 3. The Morgan fingerprint density at radius 2 is 1.89 bits per heavy atom. The number of rotatable bonds is 4. The van der Waals surface area contributed by atoms with Crippen molar-refractivity contribution in [3.05, 3.63) is 24.3 Å². The number of anilines is 2. The van der Waals surface area contributed by atoms with E-state index < -0.39 is 12.7 Å². The molecule has 19 heavy (non-hydrogen) atoms. The SMILES string of the molecule is CC1CC1C(=O)Nc1ccccc1NCC(F)(F)F. The number of benzene rings is 1. The van der Waals surface area contributed by atoms with Crippen molar-refractivity contribution < 1.29 is 18.0 Å². The lowest BCUT2D eigenvalue weighted by molar-refractivity contribution is -0.117. The number of carbonyl (C=O) groups excluding carboxylic acids is 1. The third-order valence-corrected chi connectivity index (χ3v) is 3.11. The predicted octanol–water partition coefficient (Wildman–Crippen LogP) is 3.26. The highest BCUT2D eigenvalue weighted by molar-refractivity contribution is 5.97. The standard InChI is InChI=1S/C13H15F3N2O/c1-8-6-9(8)12(19)18-11-5-3-2-4-10(11)17-7-13(14,15)16/h2-5,8-9,17H,6-7H2,1H3,(H,18,19). The zero-order valence-electron chi connectivity index (χ0n) is 10.4. The Morgan fingerprint density at radius 1 is 1.32 bits per heavy atom. The van der Waals surface area contributed by atoms with Gasteiger partial charge in [0.2, 0.25) is 5.91 Å².